The fourth-order valence-corrected chi connectivity index (χ4v) is 2.18. The zero-order chi connectivity index (χ0) is 15.9. The molecule has 0 bridgehead atoms. The third kappa shape index (κ3) is 4.22. The zero-order valence-corrected chi connectivity index (χ0v) is 13.1. The van der Waals surface area contributed by atoms with Crippen LogP contribution in [0.25, 0.3) is 0 Å². The fourth-order valence-electron chi connectivity index (χ4n) is 2.18. The first kappa shape index (κ1) is 15.8. The van der Waals surface area contributed by atoms with Crippen LogP contribution in [-0.4, -0.2) is 12.5 Å². The Balaban J connectivity index is 2.06. The van der Waals surface area contributed by atoms with Gasteiger partial charge in [-0.05, 0) is 43.7 Å². The molecule has 22 heavy (non-hydrogen) atoms. The van der Waals surface area contributed by atoms with Crippen LogP contribution in [0, 0.1) is 6.92 Å². The summed E-state index contributed by atoms with van der Waals surface area (Å²) in [4.78, 5) is 13.5. The molecule has 0 fully saturated rings. The van der Waals surface area contributed by atoms with Crippen molar-refractivity contribution in [1.82, 2.24) is 0 Å². The van der Waals surface area contributed by atoms with E-state index in [2.05, 4.69) is 49.6 Å². The van der Waals surface area contributed by atoms with E-state index in [1.807, 2.05) is 12.1 Å². The van der Waals surface area contributed by atoms with Crippen molar-refractivity contribution < 1.29 is 9.53 Å². The van der Waals surface area contributed by atoms with Crippen molar-refractivity contribution in [2.24, 2.45) is 0 Å². The summed E-state index contributed by atoms with van der Waals surface area (Å²) in [7, 11) is 0. The third-order valence-electron chi connectivity index (χ3n) is 3.46. The molecule has 0 radical (unpaired) electrons. The lowest BCUT2D eigenvalue weighted by Gasteiger charge is -2.23. The lowest BCUT2D eigenvalue weighted by atomic mass is 10.1. The third-order valence-corrected chi connectivity index (χ3v) is 3.46. The van der Waals surface area contributed by atoms with Crippen molar-refractivity contribution in [3.05, 3.63) is 72.3 Å². The molecule has 0 spiro atoms. The molecule has 0 saturated heterocycles. The van der Waals surface area contributed by atoms with Crippen molar-refractivity contribution >= 4 is 11.7 Å². The van der Waals surface area contributed by atoms with Gasteiger partial charge in [-0.25, -0.2) is 4.79 Å². The van der Waals surface area contributed by atoms with Gasteiger partial charge >= 0.3 is 5.97 Å². The summed E-state index contributed by atoms with van der Waals surface area (Å²) in [5.41, 5.74) is 3.63. The maximum absolute atomic E-state index is 11.2. The predicted octanol–water partition coefficient (Wildman–Crippen LogP) is 4.11. The lowest BCUT2D eigenvalue weighted by molar-refractivity contribution is -0.128. The first-order valence-corrected chi connectivity index (χ1v) is 7.37. The van der Waals surface area contributed by atoms with Gasteiger partial charge in [0.1, 0.15) is 5.75 Å². The van der Waals surface area contributed by atoms with Crippen LogP contribution in [0.3, 0.4) is 0 Å². The zero-order valence-electron chi connectivity index (χ0n) is 13.1. The van der Waals surface area contributed by atoms with E-state index in [-0.39, 0.29) is 0 Å². The molecule has 0 aromatic heterocycles. The number of esters is 1. The van der Waals surface area contributed by atoms with Gasteiger partial charge in [-0.2, -0.15) is 0 Å². The average molecular weight is 295 g/mol. The molecule has 3 heteroatoms. The number of hydrogen-bond donors (Lipinski definition) is 0. The fraction of sp³-hybridized carbons (Fsp3) is 0.211. The number of carbonyl (C=O) groups is 1. The van der Waals surface area contributed by atoms with Crippen molar-refractivity contribution in [3.8, 4) is 5.75 Å². The highest BCUT2D eigenvalue weighted by Crippen LogP contribution is 2.19. The van der Waals surface area contributed by atoms with E-state index < -0.39 is 5.97 Å². The van der Waals surface area contributed by atoms with Gasteiger partial charge in [0.05, 0.1) is 0 Å². The van der Waals surface area contributed by atoms with Crippen LogP contribution in [0.15, 0.2) is 61.2 Å². The Morgan fingerprint density at radius 1 is 1.14 bits per heavy atom. The first-order valence-electron chi connectivity index (χ1n) is 7.37. The summed E-state index contributed by atoms with van der Waals surface area (Å²) in [5.74, 6) is 0.0922. The molecule has 0 aliphatic carbocycles. The largest absolute Gasteiger partial charge is 0.423 e. The van der Waals surface area contributed by atoms with Crippen LogP contribution in [0.5, 0.6) is 5.75 Å². The van der Waals surface area contributed by atoms with Crippen molar-refractivity contribution in [1.29, 1.82) is 0 Å². The van der Waals surface area contributed by atoms with E-state index in [4.69, 9.17) is 4.74 Å². The molecular formula is C19H21NO2. The smallest absolute Gasteiger partial charge is 0.335 e. The second-order valence-corrected chi connectivity index (χ2v) is 5.12. The molecule has 0 unspecified atom stereocenters. The van der Waals surface area contributed by atoms with Gasteiger partial charge in [-0.1, -0.05) is 36.4 Å². The Kier molecular flexibility index (Phi) is 5.37. The van der Waals surface area contributed by atoms with Crippen LogP contribution in [-0.2, 0) is 11.3 Å². The Bertz CT molecular complexity index is 629. The molecule has 0 amide bonds. The Hall–Kier alpha value is -2.55. The van der Waals surface area contributed by atoms with Crippen LogP contribution >= 0.6 is 0 Å². The minimum Gasteiger partial charge on any atom is -0.423 e. The van der Waals surface area contributed by atoms with Gasteiger partial charge in [0.15, 0.2) is 0 Å². The molecule has 0 N–H and O–H groups in total. The average Bonchev–Trinajstić information content (AvgIpc) is 2.55. The summed E-state index contributed by atoms with van der Waals surface area (Å²) < 4.78 is 5.08. The first-order chi connectivity index (χ1) is 10.6. The molecule has 0 heterocycles. The highest BCUT2D eigenvalue weighted by atomic mass is 16.5. The van der Waals surface area contributed by atoms with E-state index in [1.54, 1.807) is 12.1 Å². The Labute approximate surface area is 131 Å². The molecule has 0 atom stereocenters. The second-order valence-electron chi connectivity index (χ2n) is 5.12. The standard InChI is InChI=1S/C19H21NO2/c1-4-19(21)22-18-12-8-16(9-13-18)14-20(5-2)17-10-6-15(3)7-11-17/h4,6-13H,1,5,14H2,2-3H3. The van der Waals surface area contributed by atoms with Crippen molar-refractivity contribution in [3.63, 3.8) is 0 Å². The maximum atomic E-state index is 11.2. The van der Waals surface area contributed by atoms with Crippen LogP contribution < -0.4 is 9.64 Å². The molecular weight excluding hydrogens is 274 g/mol. The minimum absolute atomic E-state index is 0.442. The summed E-state index contributed by atoms with van der Waals surface area (Å²) in [5, 5.41) is 0. The minimum atomic E-state index is -0.442. The summed E-state index contributed by atoms with van der Waals surface area (Å²) in [6.45, 7) is 9.35. The van der Waals surface area contributed by atoms with E-state index in [9.17, 15) is 4.79 Å². The highest BCUT2D eigenvalue weighted by molar-refractivity contribution is 5.83. The van der Waals surface area contributed by atoms with Gasteiger partial charge in [-0.15, -0.1) is 0 Å². The van der Waals surface area contributed by atoms with E-state index in [0.717, 1.165) is 19.2 Å². The Morgan fingerprint density at radius 3 is 2.32 bits per heavy atom. The molecule has 2 aromatic rings. The highest BCUT2D eigenvalue weighted by Gasteiger charge is 2.06. The van der Waals surface area contributed by atoms with E-state index in [0.29, 0.717) is 5.75 Å². The van der Waals surface area contributed by atoms with Crippen LogP contribution in [0.1, 0.15) is 18.1 Å². The van der Waals surface area contributed by atoms with Crippen molar-refractivity contribution in [2.75, 3.05) is 11.4 Å². The number of carbonyl (C=O) groups excluding carboxylic acids is 1. The normalized spacial score (nSPS) is 10.1. The van der Waals surface area contributed by atoms with Gasteiger partial charge < -0.3 is 9.64 Å². The predicted molar refractivity (Wildman–Crippen MR) is 90.2 cm³/mol. The number of rotatable bonds is 6. The van der Waals surface area contributed by atoms with E-state index >= 15 is 0 Å². The number of benzene rings is 2. The monoisotopic (exact) mass is 295 g/mol. The molecule has 114 valence electrons. The quantitative estimate of drug-likeness (QED) is 0.456. The molecule has 2 aromatic carbocycles. The molecule has 2 rings (SSSR count). The van der Waals surface area contributed by atoms with Gasteiger partial charge in [0.2, 0.25) is 0 Å². The number of nitrogens with zero attached hydrogens (tertiary/aromatic N) is 1. The maximum Gasteiger partial charge on any atom is 0.335 e. The topological polar surface area (TPSA) is 29.5 Å². The number of ether oxygens (including phenoxy) is 1. The van der Waals surface area contributed by atoms with E-state index in [1.165, 1.54) is 16.8 Å². The van der Waals surface area contributed by atoms with Gasteiger partial charge in [0.25, 0.3) is 0 Å². The van der Waals surface area contributed by atoms with Crippen molar-refractivity contribution in [2.45, 2.75) is 20.4 Å². The van der Waals surface area contributed by atoms with Crippen LogP contribution in [0.4, 0.5) is 5.69 Å². The molecule has 0 saturated carbocycles. The lowest BCUT2D eigenvalue weighted by Crippen LogP contribution is -2.21. The number of anilines is 1. The Morgan fingerprint density at radius 2 is 1.77 bits per heavy atom. The molecule has 0 aliphatic rings. The van der Waals surface area contributed by atoms with Gasteiger partial charge in [-0.3, -0.25) is 0 Å². The van der Waals surface area contributed by atoms with Gasteiger partial charge in [0, 0.05) is 24.9 Å². The number of aryl methyl sites for hydroxylation is 1. The second kappa shape index (κ2) is 7.46. The molecule has 3 nitrogen and oxygen atoms in total. The molecule has 0 aliphatic heterocycles. The SMILES string of the molecule is C=CC(=O)Oc1ccc(CN(CC)c2ccc(C)cc2)cc1. The summed E-state index contributed by atoms with van der Waals surface area (Å²) in [6, 6.07) is 16.1. The summed E-state index contributed by atoms with van der Waals surface area (Å²) >= 11 is 0. The number of hydrogen-bond acceptors (Lipinski definition) is 3. The summed E-state index contributed by atoms with van der Waals surface area (Å²) in [6.07, 6.45) is 1.16. The van der Waals surface area contributed by atoms with Crippen LogP contribution in [0.2, 0.25) is 0 Å².